The molecule has 2 rings (SSSR count). The highest BCUT2D eigenvalue weighted by Gasteiger charge is 2.19. The lowest BCUT2D eigenvalue weighted by molar-refractivity contribution is 0.604. The van der Waals surface area contributed by atoms with Crippen LogP contribution in [-0.4, -0.2) is 0 Å². The van der Waals surface area contributed by atoms with Gasteiger partial charge in [0.1, 0.15) is 5.82 Å². The lowest BCUT2D eigenvalue weighted by atomic mass is 9.99. The van der Waals surface area contributed by atoms with Gasteiger partial charge in [0.2, 0.25) is 0 Å². The van der Waals surface area contributed by atoms with Crippen LogP contribution >= 0.6 is 50.1 Å². The van der Waals surface area contributed by atoms with Crippen molar-refractivity contribution in [3.63, 3.8) is 0 Å². The average Bonchev–Trinajstić information content (AvgIpc) is 2.38. The van der Waals surface area contributed by atoms with Crippen LogP contribution in [0.5, 0.6) is 0 Å². The Kier molecular flexibility index (Phi) is 5.19. The van der Waals surface area contributed by atoms with Gasteiger partial charge in [-0.15, -0.1) is 0 Å². The molecule has 0 fully saturated rings. The predicted octanol–water partition coefficient (Wildman–Crippen LogP) is 4.40. The zero-order valence-corrected chi connectivity index (χ0v) is 14.1. The van der Waals surface area contributed by atoms with Crippen molar-refractivity contribution in [1.82, 2.24) is 5.43 Å². The van der Waals surface area contributed by atoms with E-state index in [1.54, 1.807) is 0 Å². The first-order valence-electron chi connectivity index (χ1n) is 5.39. The van der Waals surface area contributed by atoms with Crippen molar-refractivity contribution in [2.45, 2.75) is 6.04 Å². The maximum Gasteiger partial charge on any atom is 0.123 e. The van der Waals surface area contributed by atoms with Gasteiger partial charge in [0, 0.05) is 13.1 Å². The fraction of sp³-hybridized carbons (Fsp3) is 0.0769. The smallest absolute Gasteiger partial charge is 0.123 e. The maximum atomic E-state index is 13.4. The average molecular weight is 455 g/mol. The number of hydrazine groups is 1. The van der Waals surface area contributed by atoms with Crippen molar-refractivity contribution in [2.24, 2.45) is 5.84 Å². The highest BCUT2D eigenvalue weighted by molar-refractivity contribution is 14.1. The second-order valence-corrected chi connectivity index (χ2v) is 6.42. The monoisotopic (exact) mass is 454 g/mol. The SMILES string of the molecule is NNC(c1cc(F)ccc1Cl)c1cc(Br)ccc1I. The number of nitrogens with two attached hydrogens (primary N) is 1. The molecule has 0 radical (unpaired) electrons. The van der Waals surface area contributed by atoms with E-state index in [-0.39, 0.29) is 11.9 Å². The number of hydrogen-bond acceptors (Lipinski definition) is 2. The summed E-state index contributed by atoms with van der Waals surface area (Å²) >= 11 is 11.8. The maximum absolute atomic E-state index is 13.4. The summed E-state index contributed by atoms with van der Waals surface area (Å²) in [4.78, 5) is 0. The van der Waals surface area contributed by atoms with Crippen LogP contribution in [0.3, 0.4) is 0 Å². The van der Waals surface area contributed by atoms with Crippen molar-refractivity contribution in [3.8, 4) is 0 Å². The number of halogens is 4. The van der Waals surface area contributed by atoms with Gasteiger partial charge in [-0.25, -0.2) is 9.82 Å². The summed E-state index contributed by atoms with van der Waals surface area (Å²) in [5.74, 6) is 5.28. The van der Waals surface area contributed by atoms with Gasteiger partial charge in [-0.1, -0.05) is 27.5 Å². The minimum atomic E-state index is -0.368. The van der Waals surface area contributed by atoms with E-state index in [2.05, 4.69) is 43.9 Å². The predicted molar refractivity (Wildman–Crippen MR) is 87.4 cm³/mol. The van der Waals surface area contributed by atoms with Crippen LogP contribution in [0.4, 0.5) is 4.39 Å². The van der Waals surface area contributed by atoms with E-state index in [4.69, 9.17) is 17.4 Å². The highest BCUT2D eigenvalue weighted by atomic mass is 127. The topological polar surface area (TPSA) is 38.0 Å². The molecule has 1 atom stereocenters. The van der Waals surface area contributed by atoms with Crippen LogP contribution < -0.4 is 11.3 Å². The summed E-state index contributed by atoms with van der Waals surface area (Å²) in [6, 6.07) is 9.71. The molecule has 0 saturated carbocycles. The van der Waals surface area contributed by atoms with Crippen LogP contribution in [0.1, 0.15) is 17.2 Å². The van der Waals surface area contributed by atoms with Gasteiger partial charge >= 0.3 is 0 Å². The van der Waals surface area contributed by atoms with Crippen LogP contribution in [0.15, 0.2) is 40.9 Å². The van der Waals surface area contributed by atoms with Gasteiger partial charge in [-0.3, -0.25) is 5.84 Å². The third-order valence-electron chi connectivity index (χ3n) is 2.70. The molecule has 0 heterocycles. The quantitative estimate of drug-likeness (QED) is 0.409. The molecule has 6 heteroatoms. The molecule has 0 aromatic heterocycles. The lowest BCUT2D eigenvalue weighted by Crippen LogP contribution is -2.29. The molecule has 2 aromatic rings. The Labute approximate surface area is 137 Å². The van der Waals surface area contributed by atoms with E-state index < -0.39 is 0 Å². The molecular formula is C13H10BrClFIN2. The number of nitrogens with one attached hydrogen (secondary N) is 1. The Morgan fingerprint density at radius 3 is 2.63 bits per heavy atom. The van der Waals surface area contributed by atoms with Crippen LogP contribution in [0.2, 0.25) is 5.02 Å². The fourth-order valence-corrected chi connectivity index (χ4v) is 3.07. The molecule has 1 unspecified atom stereocenters. The van der Waals surface area contributed by atoms with E-state index in [0.717, 1.165) is 13.6 Å². The van der Waals surface area contributed by atoms with Crippen molar-refractivity contribution in [3.05, 3.63) is 66.4 Å². The third-order valence-corrected chi connectivity index (χ3v) is 4.52. The lowest BCUT2D eigenvalue weighted by Gasteiger charge is -2.20. The van der Waals surface area contributed by atoms with Gasteiger partial charge in [0.05, 0.1) is 6.04 Å². The molecule has 0 aliphatic rings. The molecule has 0 saturated heterocycles. The van der Waals surface area contributed by atoms with E-state index >= 15 is 0 Å². The minimum absolute atomic E-state index is 0.343. The van der Waals surface area contributed by atoms with E-state index in [1.165, 1.54) is 18.2 Å². The first kappa shape index (κ1) is 15.2. The van der Waals surface area contributed by atoms with Gasteiger partial charge in [-0.05, 0) is 70.1 Å². The number of hydrogen-bond donors (Lipinski definition) is 2. The van der Waals surface area contributed by atoms with E-state index in [0.29, 0.717) is 10.6 Å². The first-order chi connectivity index (χ1) is 9.02. The van der Waals surface area contributed by atoms with Gasteiger partial charge in [-0.2, -0.15) is 0 Å². The summed E-state index contributed by atoms with van der Waals surface area (Å²) in [5, 5.41) is 0.472. The van der Waals surface area contributed by atoms with Crippen molar-refractivity contribution in [2.75, 3.05) is 0 Å². The molecule has 0 spiro atoms. The molecule has 0 bridgehead atoms. The summed E-state index contributed by atoms with van der Waals surface area (Å²) in [5.41, 5.74) is 4.24. The molecule has 0 aliphatic heterocycles. The van der Waals surface area contributed by atoms with E-state index in [9.17, 15) is 4.39 Å². The Bertz CT molecular complexity index is 558. The number of rotatable bonds is 3. The third kappa shape index (κ3) is 3.46. The van der Waals surface area contributed by atoms with Crippen LogP contribution in [-0.2, 0) is 0 Å². The largest absolute Gasteiger partial charge is 0.271 e. The summed E-state index contributed by atoms with van der Waals surface area (Å²) in [6.45, 7) is 0. The normalized spacial score (nSPS) is 12.5. The summed E-state index contributed by atoms with van der Waals surface area (Å²) < 4.78 is 15.3. The molecule has 3 N–H and O–H groups in total. The van der Waals surface area contributed by atoms with Gasteiger partial charge < -0.3 is 0 Å². The minimum Gasteiger partial charge on any atom is -0.271 e. The molecule has 0 amide bonds. The fourth-order valence-electron chi connectivity index (χ4n) is 1.82. The Morgan fingerprint density at radius 1 is 1.21 bits per heavy atom. The second kappa shape index (κ2) is 6.49. The molecule has 19 heavy (non-hydrogen) atoms. The van der Waals surface area contributed by atoms with Crippen LogP contribution in [0.25, 0.3) is 0 Å². The Hall–Kier alpha value is -0.210. The Balaban J connectivity index is 2.55. The standard InChI is InChI=1S/C13H10BrClFIN2/c14-7-1-4-12(17)10(5-7)13(19-18)9-6-8(16)2-3-11(9)15/h1-6,13,19H,18H2. The van der Waals surface area contributed by atoms with Crippen molar-refractivity contribution >= 4 is 50.1 Å². The molecular weight excluding hydrogens is 445 g/mol. The zero-order chi connectivity index (χ0) is 14.0. The van der Waals surface area contributed by atoms with Crippen LogP contribution in [0, 0.1) is 9.39 Å². The van der Waals surface area contributed by atoms with Gasteiger partial charge in [0.15, 0.2) is 0 Å². The van der Waals surface area contributed by atoms with Crippen molar-refractivity contribution in [1.29, 1.82) is 0 Å². The van der Waals surface area contributed by atoms with Gasteiger partial charge in [0.25, 0.3) is 0 Å². The summed E-state index contributed by atoms with van der Waals surface area (Å²) in [7, 11) is 0. The molecule has 2 aromatic carbocycles. The molecule has 2 nitrogen and oxygen atoms in total. The molecule has 100 valence electrons. The van der Waals surface area contributed by atoms with E-state index in [1.807, 2.05) is 18.2 Å². The zero-order valence-electron chi connectivity index (χ0n) is 9.63. The number of benzene rings is 2. The molecule has 0 aliphatic carbocycles. The second-order valence-electron chi connectivity index (χ2n) is 3.93. The summed E-state index contributed by atoms with van der Waals surface area (Å²) in [6.07, 6.45) is 0. The van der Waals surface area contributed by atoms with Crippen molar-refractivity contribution < 1.29 is 4.39 Å². The Morgan fingerprint density at radius 2 is 1.95 bits per heavy atom. The first-order valence-corrected chi connectivity index (χ1v) is 7.64. The highest BCUT2D eigenvalue weighted by Crippen LogP contribution is 2.32.